The summed E-state index contributed by atoms with van der Waals surface area (Å²) in [4.78, 5) is 0. The molecule has 3 nitrogen and oxygen atoms in total. The zero-order valence-corrected chi connectivity index (χ0v) is 11.4. The van der Waals surface area contributed by atoms with Gasteiger partial charge >= 0.3 is 0 Å². The molecule has 4 heteroatoms. The highest BCUT2D eigenvalue weighted by Gasteiger charge is 2.16. The molecule has 0 saturated carbocycles. The van der Waals surface area contributed by atoms with Crippen LogP contribution in [0.4, 0.5) is 0 Å². The topological polar surface area (TPSA) is 38.3 Å². The normalized spacial score (nSPS) is 26.2. The Morgan fingerprint density at radius 1 is 1.31 bits per heavy atom. The predicted molar refractivity (Wildman–Crippen MR) is 69.2 cm³/mol. The fourth-order valence-corrected chi connectivity index (χ4v) is 3.05. The van der Waals surface area contributed by atoms with Crippen LogP contribution in [0.5, 0.6) is 0 Å². The van der Waals surface area contributed by atoms with Gasteiger partial charge in [-0.05, 0) is 25.2 Å². The predicted octanol–water partition coefficient (Wildman–Crippen LogP) is 1.55. The van der Waals surface area contributed by atoms with Gasteiger partial charge in [-0.15, -0.1) is 0 Å². The van der Waals surface area contributed by atoms with Crippen molar-refractivity contribution in [3.05, 3.63) is 0 Å². The highest BCUT2D eigenvalue weighted by molar-refractivity contribution is 7.85. The summed E-state index contributed by atoms with van der Waals surface area (Å²) in [6, 6.07) is 0.561. The molecule has 96 valence electrons. The molecule has 1 aliphatic heterocycles. The zero-order chi connectivity index (χ0) is 11.8. The zero-order valence-electron chi connectivity index (χ0n) is 10.5. The third-order valence-electron chi connectivity index (χ3n) is 2.91. The van der Waals surface area contributed by atoms with Crippen LogP contribution in [0.15, 0.2) is 0 Å². The largest absolute Gasteiger partial charge is 0.380 e. The van der Waals surface area contributed by atoms with E-state index in [1.54, 1.807) is 0 Å². The minimum Gasteiger partial charge on any atom is -0.380 e. The molecule has 0 amide bonds. The molecule has 0 unspecified atom stereocenters. The first-order valence-corrected chi connectivity index (χ1v) is 7.83. The third-order valence-corrected chi connectivity index (χ3v) is 4.29. The van der Waals surface area contributed by atoms with Crippen LogP contribution in [0.1, 0.15) is 33.1 Å². The van der Waals surface area contributed by atoms with E-state index in [0.29, 0.717) is 6.04 Å². The Kier molecular flexibility index (Phi) is 7.25. The van der Waals surface area contributed by atoms with Gasteiger partial charge in [-0.25, -0.2) is 0 Å². The molecule has 1 rings (SSSR count). The van der Waals surface area contributed by atoms with Crippen LogP contribution in [0.2, 0.25) is 0 Å². The van der Waals surface area contributed by atoms with Crippen LogP contribution in [0.25, 0.3) is 0 Å². The molecule has 1 aliphatic rings. The fraction of sp³-hybridized carbons (Fsp3) is 1.00. The van der Waals surface area contributed by atoms with Gasteiger partial charge in [0.25, 0.3) is 0 Å². The third kappa shape index (κ3) is 6.61. The molecule has 0 aromatic carbocycles. The average Bonchev–Trinajstić information content (AvgIpc) is 2.25. The Morgan fingerprint density at radius 3 is 2.62 bits per heavy atom. The lowest BCUT2D eigenvalue weighted by molar-refractivity contribution is 0.123. The van der Waals surface area contributed by atoms with Crippen molar-refractivity contribution in [1.82, 2.24) is 5.32 Å². The van der Waals surface area contributed by atoms with Gasteiger partial charge in [0.2, 0.25) is 0 Å². The van der Waals surface area contributed by atoms with E-state index in [4.69, 9.17) is 4.74 Å². The Balaban J connectivity index is 1.89. The van der Waals surface area contributed by atoms with Gasteiger partial charge in [-0.2, -0.15) is 0 Å². The standard InChI is InChI=1S/C12H25NO2S/c1-11(2)3-7-15-8-6-13-12-4-9-16(14)10-5-12/h11-13H,3-10H2,1-2H3. The van der Waals surface area contributed by atoms with Gasteiger partial charge < -0.3 is 10.1 Å². The molecule has 1 fully saturated rings. The highest BCUT2D eigenvalue weighted by atomic mass is 32.2. The second-order valence-electron chi connectivity index (χ2n) is 4.87. The van der Waals surface area contributed by atoms with Crippen molar-refractivity contribution in [3.8, 4) is 0 Å². The van der Waals surface area contributed by atoms with Gasteiger partial charge in [-0.1, -0.05) is 13.8 Å². The minimum absolute atomic E-state index is 0.548. The minimum atomic E-state index is -0.548. The lowest BCUT2D eigenvalue weighted by Crippen LogP contribution is -2.37. The van der Waals surface area contributed by atoms with Crippen LogP contribution >= 0.6 is 0 Å². The van der Waals surface area contributed by atoms with Crippen LogP contribution in [0, 0.1) is 5.92 Å². The SMILES string of the molecule is CC(C)CCOCCNC1CCS(=O)CC1. The second kappa shape index (κ2) is 8.20. The molecule has 16 heavy (non-hydrogen) atoms. The Hall–Kier alpha value is 0.0700. The fourth-order valence-electron chi connectivity index (χ4n) is 1.75. The van der Waals surface area contributed by atoms with Crippen molar-refractivity contribution in [2.45, 2.75) is 39.2 Å². The number of nitrogens with one attached hydrogen (secondary N) is 1. The average molecular weight is 247 g/mol. The summed E-state index contributed by atoms with van der Waals surface area (Å²) >= 11 is 0. The summed E-state index contributed by atoms with van der Waals surface area (Å²) < 4.78 is 16.7. The summed E-state index contributed by atoms with van der Waals surface area (Å²) in [7, 11) is -0.548. The maximum atomic E-state index is 11.1. The quantitative estimate of drug-likeness (QED) is 0.694. The summed E-state index contributed by atoms with van der Waals surface area (Å²) in [6.07, 6.45) is 3.25. The Morgan fingerprint density at radius 2 is 2.00 bits per heavy atom. The van der Waals surface area contributed by atoms with E-state index in [-0.39, 0.29) is 0 Å². The molecule has 1 N–H and O–H groups in total. The molecule has 0 atom stereocenters. The van der Waals surface area contributed by atoms with Crippen LogP contribution < -0.4 is 5.32 Å². The number of rotatable bonds is 7. The van der Waals surface area contributed by atoms with Crippen molar-refractivity contribution >= 4 is 10.8 Å². The van der Waals surface area contributed by atoms with Gasteiger partial charge in [0.1, 0.15) is 0 Å². The van der Waals surface area contributed by atoms with Crippen LogP contribution in [-0.2, 0) is 15.5 Å². The Bertz CT molecular complexity index is 199. The first-order valence-electron chi connectivity index (χ1n) is 6.34. The first kappa shape index (κ1) is 14.1. The lowest BCUT2D eigenvalue weighted by Gasteiger charge is -2.22. The highest BCUT2D eigenvalue weighted by Crippen LogP contribution is 2.08. The molecule has 1 saturated heterocycles. The van der Waals surface area contributed by atoms with E-state index in [0.717, 1.165) is 56.4 Å². The summed E-state index contributed by atoms with van der Waals surface area (Å²) in [5.74, 6) is 2.46. The van der Waals surface area contributed by atoms with Gasteiger partial charge in [0.05, 0.1) is 6.61 Å². The number of hydrogen-bond acceptors (Lipinski definition) is 3. The maximum Gasteiger partial charge on any atom is 0.0591 e. The van der Waals surface area contributed by atoms with Crippen molar-refractivity contribution in [1.29, 1.82) is 0 Å². The van der Waals surface area contributed by atoms with Crippen molar-refractivity contribution < 1.29 is 8.95 Å². The summed E-state index contributed by atoms with van der Waals surface area (Å²) in [6.45, 7) is 7.02. The van der Waals surface area contributed by atoms with Gasteiger partial charge in [0.15, 0.2) is 0 Å². The first-order chi connectivity index (χ1) is 7.68. The van der Waals surface area contributed by atoms with Gasteiger partial charge in [-0.3, -0.25) is 4.21 Å². The molecule has 0 aromatic heterocycles. The molecular formula is C12H25NO2S. The summed E-state index contributed by atoms with van der Waals surface area (Å²) in [5.41, 5.74) is 0. The molecule has 0 radical (unpaired) electrons. The molecule has 0 spiro atoms. The van der Waals surface area contributed by atoms with E-state index in [1.165, 1.54) is 0 Å². The number of ether oxygens (including phenoxy) is 1. The monoisotopic (exact) mass is 247 g/mol. The number of hydrogen-bond donors (Lipinski definition) is 1. The smallest absolute Gasteiger partial charge is 0.0591 e. The molecular weight excluding hydrogens is 222 g/mol. The van der Waals surface area contributed by atoms with Gasteiger partial charge in [0, 0.05) is 41.5 Å². The molecule has 0 bridgehead atoms. The van der Waals surface area contributed by atoms with E-state index >= 15 is 0 Å². The van der Waals surface area contributed by atoms with Crippen LogP contribution in [0.3, 0.4) is 0 Å². The molecule has 0 aromatic rings. The Labute approximate surface area is 102 Å². The molecule has 1 heterocycles. The van der Waals surface area contributed by atoms with Crippen molar-refractivity contribution in [2.24, 2.45) is 5.92 Å². The van der Waals surface area contributed by atoms with E-state index < -0.39 is 10.8 Å². The maximum absolute atomic E-state index is 11.1. The van der Waals surface area contributed by atoms with Crippen LogP contribution in [-0.4, -0.2) is 41.5 Å². The molecule has 0 aliphatic carbocycles. The van der Waals surface area contributed by atoms with E-state index in [2.05, 4.69) is 19.2 Å². The van der Waals surface area contributed by atoms with E-state index in [1.807, 2.05) is 0 Å². The van der Waals surface area contributed by atoms with E-state index in [9.17, 15) is 4.21 Å². The van der Waals surface area contributed by atoms with Crippen molar-refractivity contribution in [2.75, 3.05) is 31.3 Å². The second-order valence-corrected chi connectivity index (χ2v) is 6.57. The lowest BCUT2D eigenvalue weighted by atomic mass is 10.1. The summed E-state index contributed by atoms with van der Waals surface area (Å²) in [5, 5.41) is 3.47. The van der Waals surface area contributed by atoms with Crippen molar-refractivity contribution in [3.63, 3.8) is 0 Å².